The Hall–Kier alpha value is -2.94. The number of Topliss-reactive ketones (excluding diaryl/α,β-unsaturated/α-hetero) is 1. The van der Waals surface area contributed by atoms with Crippen molar-refractivity contribution < 1.29 is 28.3 Å². The minimum absolute atomic E-state index is 0.0522. The van der Waals surface area contributed by atoms with E-state index in [1.165, 1.54) is 0 Å². The molecule has 2 atom stereocenters. The van der Waals surface area contributed by atoms with Crippen molar-refractivity contribution in [1.29, 1.82) is 0 Å². The van der Waals surface area contributed by atoms with Gasteiger partial charge in [0.25, 0.3) is 11.7 Å². The normalized spacial score (nSPS) is 20.9. The number of nitrogens with zero attached hydrogens (tertiary/aromatic N) is 2. The van der Waals surface area contributed by atoms with Crippen molar-refractivity contribution >= 4 is 28.9 Å². The van der Waals surface area contributed by atoms with Gasteiger partial charge in [0.15, 0.2) is 11.2 Å². The molecule has 2 aromatic rings. The molecule has 9 heteroatoms. The highest BCUT2D eigenvalue weighted by molar-refractivity contribution is 6.06. The highest BCUT2D eigenvalue weighted by Gasteiger charge is 2.65. The van der Waals surface area contributed by atoms with Gasteiger partial charge in [-0.1, -0.05) is 38.3 Å². The number of morpholine rings is 1. The van der Waals surface area contributed by atoms with Crippen LogP contribution in [0.5, 0.6) is 0 Å². The largest absolute Gasteiger partial charge is 0.434 e. The summed E-state index contributed by atoms with van der Waals surface area (Å²) in [7, 11) is 0. The standard InChI is InChI=1S/C25H33N3O6/c1-3-25(34-23(26)31,20(29)21-27-18-11-7-8-12-19(18)33-21)24(2,17-9-5-4-6-10-17)22(30)28-13-15-32-16-14-28/h7-8,11-12,17H,3-6,9-10,13-16H2,1-2H3,(H2,26,31)/t24?,25-/m1/s1. The zero-order chi connectivity index (χ0) is 24.3. The Balaban J connectivity index is 1.87. The van der Waals surface area contributed by atoms with Crippen LogP contribution in [0.3, 0.4) is 0 Å². The van der Waals surface area contributed by atoms with Crippen LogP contribution in [0.4, 0.5) is 4.79 Å². The van der Waals surface area contributed by atoms with Crippen LogP contribution in [-0.4, -0.2) is 59.6 Å². The Morgan fingerprint density at radius 3 is 2.44 bits per heavy atom. The van der Waals surface area contributed by atoms with Gasteiger partial charge in [0.05, 0.1) is 18.6 Å². The molecule has 2 fully saturated rings. The van der Waals surface area contributed by atoms with Gasteiger partial charge in [0.2, 0.25) is 5.91 Å². The third-order valence-corrected chi connectivity index (χ3v) is 7.63. The van der Waals surface area contributed by atoms with Crippen LogP contribution in [0.15, 0.2) is 28.7 Å². The monoisotopic (exact) mass is 471 g/mol. The van der Waals surface area contributed by atoms with E-state index in [4.69, 9.17) is 19.6 Å². The van der Waals surface area contributed by atoms with E-state index < -0.39 is 22.9 Å². The third-order valence-electron chi connectivity index (χ3n) is 7.63. The average Bonchev–Trinajstić information content (AvgIpc) is 3.31. The first-order chi connectivity index (χ1) is 16.3. The second-order valence-corrected chi connectivity index (χ2v) is 9.36. The zero-order valence-electron chi connectivity index (χ0n) is 19.9. The summed E-state index contributed by atoms with van der Waals surface area (Å²) in [4.78, 5) is 46.8. The molecule has 1 aliphatic heterocycles. The van der Waals surface area contributed by atoms with Crippen molar-refractivity contribution in [2.75, 3.05) is 26.3 Å². The summed E-state index contributed by atoms with van der Waals surface area (Å²) < 4.78 is 17.0. The van der Waals surface area contributed by atoms with Crippen LogP contribution in [0.1, 0.15) is 63.1 Å². The van der Waals surface area contributed by atoms with Crippen LogP contribution < -0.4 is 5.73 Å². The number of ether oxygens (including phenoxy) is 2. The van der Waals surface area contributed by atoms with E-state index in [9.17, 15) is 14.4 Å². The van der Waals surface area contributed by atoms with Gasteiger partial charge in [-0.2, -0.15) is 0 Å². The zero-order valence-corrected chi connectivity index (χ0v) is 19.9. The minimum Gasteiger partial charge on any atom is -0.434 e. The molecule has 1 aromatic heterocycles. The first kappa shape index (κ1) is 24.2. The minimum atomic E-state index is -1.86. The molecule has 2 N–H and O–H groups in total. The lowest BCUT2D eigenvalue weighted by molar-refractivity contribution is -0.168. The van der Waals surface area contributed by atoms with E-state index in [1.54, 1.807) is 43.0 Å². The molecule has 1 unspecified atom stereocenters. The van der Waals surface area contributed by atoms with Gasteiger partial charge in [-0.15, -0.1) is 0 Å². The van der Waals surface area contributed by atoms with Crippen LogP contribution >= 0.6 is 0 Å². The smallest absolute Gasteiger partial charge is 0.405 e. The fraction of sp³-hybridized carbons (Fsp3) is 0.600. The molecular weight excluding hydrogens is 438 g/mol. The molecule has 34 heavy (non-hydrogen) atoms. The number of benzene rings is 1. The molecule has 9 nitrogen and oxygen atoms in total. The Bertz CT molecular complexity index is 1020. The first-order valence-corrected chi connectivity index (χ1v) is 12.1. The van der Waals surface area contributed by atoms with Crippen molar-refractivity contribution in [3.8, 4) is 0 Å². The number of hydrogen-bond acceptors (Lipinski definition) is 7. The number of ketones is 1. The fourth-order valence-corrected chi connectivity index (χ4v) is 5.75. The SMILES string of the molecule is CC[C@@](OC(N)=O)(C(=O)c1nc2ccccc2o1)C(C)(C(=O)N1CCOCC1)C1CCCCC1. The number of hydrogen-bond donors (Lipinski definition) is 1. The molecule has 1 saturated carbocycles. The molecular formula is C25H33N3O6. The predicted molar refractivity (Wildman–Crippen MR) is 124 cm³/mol. The number of carbonyl (C=O) groups excluding carboxylic acids is 3. The van der Waals surface area contributed by atoms with E-state index in [2.05, 4.69) is 4.98 Å². The highest BCUT2D eigenvalue weighted by atomic mass is 16.6. The van der Waals surface area contributed by atoms with E-state index in [0.29, 0.717) is 37.4 Å². The van der Waals surface area contributed by atoms with Crippen LogP contribution in [0.25, 0.3) is 11.1 Å². The summed E-state index contributed by atoms with van der Waals surface area (Å²) in [6, 6.07) is 7.02. The number of fused-ring (bicyclic) bond motifs is 1. The molecule has 0 bridgehead atoms. The van der Waals surface area contributed by atoms with Crippen LogP contribution in [-0.2, 0) is 14.3 Å². The fourth-order valence-electron chi connectivity index (χ4n) is 5.75. The maximum Gasteiger partial charge on any atom is 0.405 e. The van der Waals surface area contributed by atoms with E-state index in [0.717, 1.165) is 32.1 Å². The topological polar surface area (TPSA) is 125 Å². The Kier molecular flexibility index (Phi) is 6.93. The Morgan fingerprint density at radius 1 is 1.15 bits per heavy atom. The Morgan fingerprint density at radius 2 is 1.82 bits per heavy atom. The van der Waals surface area contributed by atoms with Gasteiger partial charge >= 0.3 is 6.09 Å². The van der Waals surface area contributed by atoms with Crippen molar-refractivity contribution in [2.45, 2.75) is 58.0 Å². The summed E-state index contributed by atoms with van der Waals surface area (Å²) in [5.74, 6) is -1.24. The summed E-state index contributed by atoms with van der Waals surface area (Å²) in [6.45, 7) is 5.15. The predicted octanol–water partition coefficient (Wildman–Crippen LogP) is 3.70. The van der Waals surface area contributed by atoms with Gasteiger partial charge < -0.3 is 24.5 Å². The number of oxazole rings is 1. The first-order valence-electron chi connectivity index (χ1n) is 12.1. The lowest BCUT2D eigenvalue weighted by Crippen LogP contribution is -2.66. The van der Waals surface area contributed by atoms with Crippen molar-refractivity contribution in [2.24, 2.45) is 17.1 Å². The molecule has 0 spiro atoms. The summed E-state index contributed by atoms with van der Waals surface area (Å²) in [5.41, 5.74) is 3.27. The van der Waals surface area contributed by atoms with Gasteiger partial charge in [-0.05, 0) is 44.2 Å². The molecule has 4 rings (SSSR count). The molecule has 1 aromatic carbocycles. The molecule has 2 aliphatic rings. The Labute approximate surface area is 198 Å². The number of nitrogens with two attached hydrogens (primary N) is 1. The quantitative estimate of drug-likeness (QED) is 0.610. The molecule has 0 radical (unpaired) electrons. The third kappa shape index (κ3) is 4.06. The maximum atomic E-state index is 14.2. The summed E-state index contributed by atoms with van der Waals surface area (Å²) in [5, 5.41) is 0. The van der Waals surface area contributed by atoms with Gasteiger partial charge in [0, 0.05) is 13.1 Å². The van der Waals surface area contributed by atoms with Crippen molar-refractivity contribution in [3.05, 3.63) is 30.2 Å². The number of primary amides is 1. The molecule has 2 amide bonds. The maximum absolute atomic E-state index is 14.2. The second kappa shape index (κ2) is 9.74. The number of rotatable bonds is 7. The lowest BCUT2D eigenvalue weighted by atomic mass is 9.57. The van der Waals surface area contributed by atoms with E-state index >= 15 is 0 Å². The van der Waals surface area contributed by atoms with Crippen molar-refractivity contribution in [1.82, 2.24) is 9.88 Å². The van der Waals surface area contributed by atoms with Crippen molar-refractivity contribution in [3.63, 3.8) is 0 Å². The van der Waals surface area contributed by atoms with Gasteiger partial charge in [-0.3, -0.25) is 9.59 Å². The average molecular weight is 472 g/mol. The molecule has 1 saturated heterocycles. The summed E-state index contributed by atoms with van der Waals surface area (Å²) in [6.07, 6.45) is 3.37. The molecule has 1 aliphatic carbocycles. The van der Waals surface area contributed by atoms with Crippen LogP contribution in [0, 0.1) is 11.3 Å². The summed E-state index contributed by atoms with van der Waals surface area (Å²) >= 11 is 0. The van der Waals surface area contributed by atoms with Gasteiger partial charge in [-0.25, -0.2) is 9.78 Å². The molecule has 2 heterocycles. The number of para-hydroxylation sites is 2. The van der Waals surface area contributed by atoms with E-state index in [1.807, 2.05) is 0 Å². The van der Waals surface area contributed by atoms with Gasteiger partial charge in [0.1, 0.15) is 5.52 Å². The molecule has 184 valence electrons. The lowest BCUT2D eigenvalue weighted by Gasteiger charge is -2.51. The second-order valence-electron chi connectivity index (χ2n) is 9.36. The van der Waals surface area contributed by atoms with Crippen LogP contribution in [0.2, 0.25) is 0 Å². The van der Waals surface area contributed by atoms with E-state index in [-0.39, 0.29) is 24.1 Å². The highest BCUT2D eigenvalue weighted by Crippen LogP contribution is 2.51. The number of amides is 2. The number of aromatic nitrogens is 1. The number of carbonyl (C=O) groups is 3.